The minimum absolute atomic E-state index is 0.109. The molecule has 1 amide bonds. The largest absolute Gasteiger partial charge is 0.458 e. The lowest BCUT2D eigenvalue weighted by Crippen LogP contribution is -2.47. The zero-order chi connectivity index (χ0) is 17.1. The Labute approximate surface area is 131 Å². The molecule has 1 aromatic rings. The van der Waals surface area contributed by atoms with Gasteiger partial charge in [0, 0.05) is 6.20 Å². The number of anilines is 1. The molecule has 0 aliphatic carbocycles. The van der Waals surface area contributed by atoms with Crippen molar-refractivity contribution in [1.82, 2.24) is 10.3 Å². The van der Waals surface area contributed by atoms with Crippen LogP contribution in [0.25, 0.3) is 0 Å². The molecule has 6 nitrogen and oxygen atoms in total. The van der Waals surface area contributed by atoms with E-state index in [9.17, 15) is 9.59 Å². The summed E-state index contributed by atoms with van der Waals surface area (Å²) in [6, 6.07) is -0.737. The Morgan fingerprint density at radius 3 is 2.32 bits per heavy atom. The molecule has 1 heterocycles. The quantitative estimate of drug-likeness (QED) is 0.830. The molecule has 3 N–H and O–H groups in total. The maximum absolute atomic E-state index is 12.4. The van der Waals surface area contributed by atoms with Gasteiger partial charge in [0.05, 0.1) is 17.4 Å². The number of nitrogens with two attached hydrogens (primary N) is 1. The van der Waals surface area contributed by atoms with E-state index in [0.717, 1.165) is 0 Å². The Morgan fingerprint density at radius 2 is 1.86 bits per heavy atom. The Morgan fingerprint density at radius 1 is 1.27 bits per heavy atom. The lowest BCUT2D eigenvalue weighted by atomic mass is 10.0. The van der Waals surface area contributed by atoms with Crippen LogP contribution in [0.2, 0.25) is 0 Å². The average Bonchev–Trinajstić information content (AvgIpc) is 2.33. The van der Waals surface area contributed by atoms with Crippen molar-refractivity contribution in [2.75, 3.05) is 5.73 Å². The molecule has 0 unspecified atom stereocenters. The summed E-state index contributed by atoms with van der Waals surface area (Å²) in [6.07, 6.45) is 2.98. The fourth-order valence-electron chi connectivity index (χ4n) is 1.97. The summed E-state index contributed by atoms with van der Waals surface area (Å²) in [7, 11) is 0. The van der Waals surface area contributed by atoms with Crippen LogP contribution >= 0.6 is 0 Å². The highest BCUT2D eigenvalue weighted by Crippen LogP contribution is 2.17. The average molecular weight is 307 g/mol. The number of ether oxygens (including phenoxy) is 1. The van der Waals surface area contributed by atoms with Crippen molar-refractivity contribution in [3.8, 4) is 0 Å². The monoisotopic (exact) mass is 307 g/mol. The van der Waals surface area contributed by atoms with Gasteiger partial charge in [-0.25, -0.2) is 4.79 Å². The highest BCUT2D eigenvalue weighted by molar-refractivity contribution is 6.02. The van der Waals surface area contributed by atoms with E-state index in [2.05, 4.69) is 10.3 Å². The topological polar surface area (TPSA) is 94.3 Å². The van der Waals surface area contributed by atoms with Gasteiger partial charge in [0.2, 0.25) is 0 Å². The number of hydrogen-bond acceptors (Lipinski definition) is 5. The third kappa shape index (κ3) is 4.72. The molecule has 0 aliphatic heterocycles. The van der Waals surface area contributed by atoms with Gasteiger partial charge < -0.3 is 15.8 Å². The minimum Gasteiger partial charge on any atom is -0.458 e. The number of rotatable bonds is 4. The van der Waals surface area contributed by atoms with Gasteiger partial charge in [-0.3, -0.25) is 9.78 Å². The fraction of sp³-hybridized carbons (Fsp3) is 0.562. The lowest BCUT2D eigenvalue weighted by Gasteiger charge is -2.26. The Hall–Kier alpha value is -2.11. The molecule has 6 heteroatoms. The van der Waals surface area contributed by atoms with E-state index in [4.69, 9.17) is 10.5 Å². The molecule has 0 saturated carbocycles. The lowest BCUT2D eigenvalue weighted by molar-refractivity contribution is -0.158. The van der Waals surface area contributed by atoms with Crippen molar-refractivity contribution in [3.05, 3.63) is 23.5 Å². The second-order valence-corrected chi connectivity index (χ2v) is 6.65. The number of nitrogens with one attached hydrogen (secondary N) is 1. The van der Waals surface area contributed by atoms with Crippen LogP contribution < -0.4 is 11.1 Å². The number of nitrogen functional groups attached to an aromatic ring is 1. The Bertz CT molecular complexity index is 542. The van der Waals surface area contributed by atoms with E-state index in [1.54, 1.807) is 33.9 Å². The molecule has 0 spiro atoms. The molecule has 0 fully saturated rings. The number of carbonyl (C=O) groups excluding carboxylic acids is 2. The van der Waals surface area contributed by atoms with Crippen LogP contribution in [0.4, 0.5) is 5.69 Å². The maximum Gasteiger partial charge on any atom is 0.329 e. The number of esters is 1. The summed E-state index contributed by atoms with van der Waals surface area (Å²) in [4.78, 5) is 28.6. The Kier molecular flexibility index (Phi) is 5.52. The third-order valence-corrected chi connectivity index (χ3v) is 3.01. The van der Waals surface area contributed by atoms with Crippen molar-refractivity contribution < 1.29 is 14.3 Å². The van der Waals surface area contributed by atoms with Crippen molar-refractivity contribution in [2.45, 2.75) is 53.2 Å². The number of carbonyl (C=O) groups is 2. The van der Waals surface area contributed by atoms with Crippen LogP contribution in [0, 0.1) is 12.8 Å². The number of hydrogen-bond donors (Lipinski definition) is 2. The summed E-state index contributed by atoms with van der Waals surface area (Å²) in [5, 5.41) is 2.72. The van der Waals surface area contributed by atoms with Gasteiger partial charge in [0.15, 0.2) is 0 Å². The highest BCUT2D eigenvalue weighted by atomic mass is 16.6. The zero-order valence-corrected chi connectivity index (χ0v) is 14.1. The second kappa shape index (κ2) is 6.77. The molecule has 1 aromatic heterocycles. The summed E-state index contributed by atoms with van der Waals surface area (Å²) < 4.78 is 5.36. The zero-order valence-electron chi connectivity index (χ0n) is 14.1. The standard InChI is InChI=1S/C16H25N3O3/c1-9(2)13(15(21)22-16(4,5)6)19-14(20)12-10(3)7-18-8-11(12)17/h7-9,13H,17H2,1-6H3,(H,19,20)/t13-/m0/s1. The van der Waals surface area contributed by atoms with E-state index in [0.29, 0.717) is 11.1 Å². The fourth-order valence-corrected chi connectivity index (χ4v) is 1.97. The predicted molar refractivity (Wildman–Crippen MR) is 85.3 cm³/mol. The smallest absolute Gasteiger partial charge is 0.329 e. The van der Waals surface area contributed by atoms with Gasteiger partial charge in [0.25, 0.3) is 5.91 Å². The molecule has 0 saturated heterocycles. The summed E-state index contributed by atoms with van der Waals surface area (Å²) in [5.74, 6) is -0.967. The molecular weight excluding hydrogens is 282 g/mol. The van der Waals surface area contributed by atoms with E-state index >= 15 is 0 Å². The third-order valence-electron chi connectivity index (χ3n) is 3.01. The predicted octanol–water partition coefficient (Wildman–Crippen LogP) is 2.07. The van der Waals surface area contributed by atoms with Crippen molar-refractivity contribution >= 4 is 17.6 Å². The Balaban J connectivity index is 2.97. The molecule has 1 rings (SSSR count). The van der Waals surface area contributed by atoms with Crippen LogP contribution in [0.3, 0.4) is 0 Å². The number of aromatic nitrogens is 1. The number of aryl methyl sites for hydroxylation is 1. The van der Waals surface area contributed by atoms with Crippen LogP contribution in [0.1, 0.15) is 50.5 Å². The molecule has 0 bridgehead atoms. The summed E-state index contributed by atoms with van der Waals surface area (Å²) >= 11 is 0. The SMILES string of the molecule is Cc1cncc(N)c1C(=O)N[C@H](C(=O)OC(C)(C)C)C(C)C. The van der Waals surface area contributed by atoms with Crippen LogP contribution in [-0.2, 0) is 9.53 Å². The number of pyridine rings is 1. The molecule has 22 heavy (non-hydrogen) atoms. The van der Waals surface area contributed by atoms with Gasteiger partial charge in [-0.2, -0.15) is 0 Å². The number of nitrogens with zero attached hydrogens (tertiary/aromatic N) is 1. The van der Waals surface area contributed by atoms with Crippen LogP contribution in [0.5, 0.6) is 0 Å². The molecular formula is C16H25N3O3. The van der Waals surface area contributed by atoms with Gasteiger partial charge in [-0.05, 0) is 39.2 Å². The van der Waals surface area contributed by atoms with Crippen LogP contribution in [0.15, 0.2) is 12.4 Å². The molecule has 122 valence electrons. The van der Waals surface area contributed by atoms with Gasteiger partial charge in [-0.1, -0.05) is 13.8 Å². The van der Waals surface area contributed by atoms with Gasteiger partial charge in [0.1, 0.15) is 11.6 Å². The highest BCUT2D eigenvalue weighted by Gasteiger charge is 2.30. The normalized spacial score (nSPS) is 12.9. The molecule has 0 aromatic carbocycles. The summed E-state index contributed by atoms with van der Waals surface area (Å²) in [5.41, 5.74) is 6.48. The number of amides is 1. The molecule has 0 aliphatic rings. The van der Waals surface area contributed by atoms with E-state index in [-0.39, 0.29) is 11.6 Å². The van der Waals surface area contributed by atoms with Crippen molar-refractivity contribution in [2.24, 2.45) is 5.92 Å². The van der Waals surface area contributed by atoms with Crippen molar-refractivity contribution in [3.63, 3.8) is 0 Å². The van der Waals surface area contributed by atoms with E-state index < -0.39 is 23.5 Å². The first kappa shape index (κ1) is 17.9. The van der Waals surface area contributed by atoms with E-state index in [1.165, 1.54) is 6.20 Å². The second-order valence-electron chi connectivity index (χ2n) is 6.65. The van der Waals surface area contributed by atoms with Crippen molar-refractivity contribution in [1.29, 1.82) is 0 Å². The first-order valence-electron chi connectivity index (χ1n) is 7.26. The maximum atomic E-state index is 12.4. The summed E-state index contributed by atoms with van der Waals surface area (Å²) in [6.45, 7) is 10.8. The van der Waals surface area contributed by atoms with Crippen LogP contribution in [-0.4, -0.2) is 28.5 Å². The first-order chi connectivity index (χ1) is 10.0. The van der Waals surface area contributed by atoms with Gasteiger partial charge in [-0.15, -0.1) is 0 Å². The first-order valence-corrected chi connectivity index (χ1v) is 7.26. The molecule has 1 atom stereocenters. The minimum atomic E-state index is -0.737. The molecule has 0 radical (unpaired) electrons. The van der Waals surface area contributed by atoms with E-state index in [1.807, 2.05) is 13.8 Å². The van der Waals surface area contributed by atoms with Gasteiger partial charge >= 0.3 is 5.97 Å².